The molecule has 0 spiro atoms. The first kappa shape index (κ1) is 19.6. The van der Waals surface area contributed by atoms with Crippen molar-refractivity contribution in [2.24, 2.45) is 10.9 Å². The molecule has 1 aliphatic heterocycles. The van der Waals surface area contributed by atoms with Crippen LogP contribution in [0.5, 0.6) is 5.75 Å². The summed E-state index contributed by atoms with van der Waals surface area (Å²) in [5.74, 6) is 2.45. The van der Waals surface area contributed by atoms with Crippen molar-refractivity contribution in [3.8, 4) is 5.75 Å². The van der Waals surface area contributed by atoms with Crippen LogP contribution in [0, 0.1) is 5.92 Å². The van der Waals surface area contributed by atoms with Gasteiger partial charge in [-0.2, -0.15) is 0 Å². The average Bonchev–Trinajstić information content (AvgIpc) is 3.11. The van der Waals surface area contributed by atoms with E-state index in [2.05, 4.69) is 50.2 Å². The second kappa shape index (κ2) is 9.09. The molecule has 1 atom stereocenters. The number of benzene rings is 1. The SMILES string of the molecule is CCNC(=NCC(C)(C)c1cccc(OC)c1)N(C)CC1CCOC1. The van der Waals surface area contributed by atoms with Crippen molar-refractivity contribution in [2.75, 3.05) is 47.0 Å². The second-order valence-electron chi connectivity index (χ2n) is 7.40. The molecule has 1 saturated heterocycles. The molecule has 0 amide bonds. The number of rotatable bonds is 7. The third kappa shape index (κ3) is 5.63. The predicted octanol–water partition coefficient (Wildman–Crippen LogP) is 2.91. The summed E-state index contributed by atoms with van der Waals surface area (Å²) in [6.07, 6.45) is 1.14. The lowest BCUT2D eigenvalue weighted by Gasteiger charge is -2.28. The maximum Gasteiger partial charge on any atom is 0.193 e. The molecule has 0 aromatic heterocycles. The Morgan fingerprint density at radius 3 is 2.88 bits per heavy atom. The lowest BCUT2D eigenvalue weighted by molar-refractivity contribution is 0.181. The molecule has 1 aliphatic rings. The van der Waals surface area contributed by atoms with Gasteiger partial charge in [-0.15, -0.1) is 0 Å². The van der Waals surface area contributed by atoms with Crippen LogP contribution >= 0.6 is 0 Å². The highest BCUT2D eigenvalue weighted by Crippen LogP contribution is 2.26. The fourth-order valence-electron chi connectivity index (χ4n) is 3.08. The highest BCUT2D eigenvalue weighted by Gasteiger charge is 2.23. The number of nitrogens with zero attached hydrogens (tertiary/aromatic N) is 2. The van der Waals surface area contributed by atoms with E-state index in [1.165, 1.54) is 5.56 Å². The van der Waals surface area contributed by atoms with Crippen molar-refractivity contribution in [3.05, 3.63) is 29.8 Å². The van der Waals surface area contributed by atoms with E-state index in [0.29, 0.717) is 12.5 Å². The van der Waals surface area contributed by atoms with Crippen molar-refractivity contribution in [2.45, 2.75) is 32.6 Å². The fourth-order valence-corrected chi connectivity index (χ4v) is 3.08. The van der Waals surface area contributed by atoms with Crippen LogP contribution in [0.15, 0.2) is 29.3 Å². The molecule has 1 aromatic carbocycles. The van der Waals surface area contributed by atoms with E-state index in [0.717, 1.165) is 44.4 Å². The molecule has 1 N–H and O–H groups in total. The summed E-state index contributed by atoms with van der Waals surface area (Å²) in [6.45, 7) is 10.9. The van der Waals surface area contributed by atoms with E-state index in [4.69, 9.17) is 14.5 Å². The van der Waals surface area contributed by atoms with E-state index in [1.807, 2.05) is 12.1 Å². The predicted molar refractivity (Wildman–Crippen MR) is 104 cm³/mol. The summed E-state index contributed by atoms with van der Waals surface area (Å²) in [5.41, 5.74) is 1.17. The van der Waals surface area contributed by atoms with Gasteiger partial charge < -0.3 is 19.7 Å². The van der Waals surface area contributed by atoms with Gasteiger partial charge in [-0.3, -0.25) is 4.99 Å². The van der Waals surface area contributed by atoms with Crippen molar-refractivity contribution in [1.29, 1.82) is 0 Å². The Hall–Kier alpha value is -1.75. The van der Waals surface area contributed by atoms with Crippen LogP contribution in [-0.2, 0) is 10.2 Å². The minimum absolute atomic E-state index is 0.0630. The molecule has 1 unspecified atom stereocenters. The highest BCUT2D eigenvalue weighted by atomic mass is 16.5. The molecule has 0 aliphatic carbocycles. The van der Waals surface area contributed by atoms with Gasteiger partial charge in [0.25, 0.3) is 0 Å². The maximum atomic E-state index is 5.49. The summed E-state index contributed by atoms with van der Waals surface area (Å²) in [5, 5.41) is 3.41. The zero-order valence-electron chi connectivity index (χ0n) is 16.3. The van der Waals surface area contributed by atoms with Gasteiger partial charge in [0.1, 0.15) is 5.75 Å². The fraction of sp³-hybridized carbons (Fsp3) is 0.650. The van der Waals surface area contributed by atoms with Gasteiger partial charge in [0.05, 0.1) is 20.3 Å². The van der Waals surface area contributed by atoms with E-state index in [1.54, 1.807) is 7.11 Å². The van der Waals surface area contributed by atoms with E-state index in [-0.39, 0.29) is 5.41 Å². The largest absolute Gasteiger partial charge is 0.497 e. The van der Waals surface area contributed by atoms with Gasteiger partial charge >= 0.3 is 0 Å². The lowest BCUT2D eigenvalue weighted by Crippen LogP contribution is -2.42. The Bertz CT molecular complexity index is 566. The third-order valence-corrected chi connectivity index (χ3v) is 4.73. The monoisotopic (exact) mass is 347 g/mol. The lowest BCUT2D eigenvalue weighted by atomic mass is 9.84. The van der Waals surface area contributed by atoms with Gasteiger partial charge in [0.15, 0.2) is 5.96 Å². The third-order valence-electron chi connectivity index (χ3n) is 4.73. The average molecular weight is 348 g/mol. The summed E-state index contributed by atoms with van der Waals surface area (Å²) >= 11 is 0. The molecule has 1 fully saturated rings. The van der Waals surface area contributed by atoms with Crippen LogP contribution in [0.1, 0.15) is 32.8 Å². The maximum absolute atomic E-state index is 5.49. The van der Waals surface area contributed by atoms with Crippen LogP contribution in [0.3, 0.4) is 0 Å². The van der Waals surface area contributed by atoms with Gasteiger partial charge in [-0.05, 0) is 31.0 Å². The Morgan fingerprint density at radius 1 is 1.44 bits per heavy atom. The first-order chi connectivity index (χ1) is 12.0. The number of aliphatic imine (C=N–C) groups is 1. The van der Waals surface area contributed by atoms with E-state index >= 15 is 0 Å². The standard InChI is InChI=1S/C20H33N3O2/c1-6-21-19(23(4)13-16-10-11-25-14-16)22-15-20(2,3)17-8-7-9-18(12-17)24-5/h7-9,12,16H,6,10-11,13-15H2,1-5H3,(H,21,22). The van der Waals surface area contributed by atoms with Gasteiger partial charge in [-0.1, -0.05) is 26.0 Å². The summed E-state index contributed by atoms with van der Waals surface area (Å²) in [4.78, 5) is 7.14. The van der Waals surface area contributed by atoms with Crippen LogP contribution < -0.4 is 10.1 Å². The summed E-state index contributed by atoms with van der Waals surface area (Å²) < 4.78 is 10.9. The van der Waals surface area contributed by atoms with Crippen LogP contribution in [0.2, 0.25) is 0 Å². The Morgan fingerprint density at radius 2 is 2.24 bits per heavy atom. The van der Waals surface area contributed by atoms with Crippen LogP contribution in [-0.4, -0.2) is 57.9 Å². The smallest absolute Gasteiger partial charge is 0.193 e. The Balaban J connectivity index is 2.07. The van der Waals surface area contributed by atoms with Crippen molar-refractivity contribution in [1.82, 2.24) is 10.2 Å². The minimum atomic E-state index is -0.0630. The molecular weight excluding hydrogens is 314 g/mol. The first-order valence-corrected chi connectivity index (χ1v) is 9.18. The van der Waals surface area contributed by atoms with Crippen LogP contribution in [0.4, 0.5) is 0 Å². The number of guanidine groups is 1. The molecule has 25 heavy (non-hydrogen) atoms. The minimum Gasteiger partial charge on any atom is -0.497 e. The number of hydrogen-bond donors (Lipinski definition) is 1. The Labute approximate surface area is 152 Å². The molecule has 5 heteroatoms. The molecule has 0 saturated carbocycles. The summed E-state index contributed by atoms with van der Waals surface area (Å²) in [6, 6.07) is 8.26. The quantitative estimate of drug-likeness (QED) is 0.608. The molecular formula is C20H33N3O2. The molecule has 0 bridgehead atoms. The van der Waals surface area contributed by atoms with E-state index in [9.17, 15) is 0 Å². The number of ether oxygens (including phenoxy) is 2. The van der Waals surface area contributed by atoms with Gasteiger partial charge in [0.2, 0.25) is 0 Å². The van der Waals surface area contributed by atoms with Gasteiger partial charge in [-0.25, -0.2) is 0 Å². The molecule has 1 heterocycles. The van der Waals surface area contributed by atoms with Crippen molar-refractivity contribution >= 4 is 5.96 Å². The molecule has 5 nitrogen and oxygen atoms in total. The Kier molecular flexibility index (Phi) is 7.12. The molecule has 2 rings (SSSR count). The number of hydrogen-bond acceptors (Lipinski definition) is 3. The molecule has 1 aromatic rings. The number of nitrogens with one attached hydrogen (secondary N) is 1. The van der Waals surface area contributed by atoms with Crippen LogP contribution in [0.25, 0.3) is 0 Å². The molecule has 0 radical (unpaired) electrons. The number of methoxy groups -OCH3 is 1. The highest BCUT2D eigenvalue weighted by molar-refractivity contribution is 5.79. The zero-order chi connectivity index (χ0) is 18.3. The normalized spacial score (nSPS) is 18.3. The second-order valence-corrected chi connectivity index (χ2v) is 7.40. The summed E-state index contributed by atoms with van der Waals surface area (Å²) in [7, 11) is 3.81. The zero-order valence-corrected chi connectivity index (χ0v) is 16.3. The first-order valence-electron chi connectivity index (χ1n) is 9.18. The molecule has 140 valence electrons. The van der Waals surface area contributed by atoms with Crippen molar-refractivity contribution in [3.63, 3.8) is 0 Å². The van der Waals surface area contributed by atoms with Gasteiger partial charge in [0, 0.05) is 38.1 Å². The van der Waals surface area contributed by atoms with E-state index < -0.39 is 0 Å². The topological polar surface area (TPSA) is 46.1 Å². The van der Waals surface area contributed by atoms with Crippen molar-refractivity contribution < 1.29 is 9.47 Å².